The van der Waals surface area contributed by atoms with Gasteiger partial charge in [-0.3, -0.25) is 0 Å². The van der Waals surface area contributed by atoms with Gasteiger partial charge in [0.2, 0.25) is 0 Å². The minimum atomic E-state index is 0.726. The molecule has 1 rings (SSSR count). The molecular formula is C13H27N. The van der Waals surface area contributed by atoms with Crippen molar-refractivity contribution < 1.29 is 0 Å². The van der Waals surface area contributed by atoms with Gasteiger partial charge in [0.1, 0.15) is 0 Å². The van der Waals surface area contributed by atoms with Crippen molar-refractivity contribution in [3.8, 4) is 0 Å². The summed E-state index contributed by atoms with van der Waals surface area (Å²) in [6.45, 7) is 5.80. The highest BCUT2D eigenvalue weighted by molar-refractivity contribution is 4.68. The van der Waals surface area contributed by atoms with Crippen molar-refractivity contribution in [3.05, 3.63) is 0 Å². The molecule has 0 spiro atoms. The van der Waals surface area contributed by atoms with E-state index in [2.05, 4.69) is 19.2 Å². The van der Waals surface area contributed by atoms with E-state index in [9.17, 15) is 0 Å². The molecule has 14 heavy (non-hydrogen) atoms. The van der Waals surface area contributed by atoms with E-state index < -0.39 is 0 Å². The van der Waals surface area contributed by atoms with Gasteiger partial charge < -0.3 is 5.32 Å². The van der Waals surface area contributed by atoms with Crippen LogP contribution in [0, 0.1) is 5.92 Å². The van der Waals surface area contributed by atoms with Crippen LogP contribution in [0.15, 0.2) is 0 Å². The molecule has 1 N–H and O–H groups in total. The van der Waals surface area contributed by atoms with E-state index >= 15 is 0 Å². The third kappa shape index (κ3) is 4.99. The Morgan fingerprint density at radius 2 is 2.00 bits per heavy atom. The van der Waals surface area contributed by atoms with Crippen LogP contribution < -0.4 is 5.32 Å². The SMILES string of the molecule is CCCC(C)NCCCC1CCCC1. The van der Waals surface area contributed by atoms with Crippen molar-refractivity contribution >= 4 is 0 Å². The van der Waals surface area contributed by atoms with Crippen LogP contribution in [0.25, 0.3) is 0 Å². The zero-order valence-electron chi connectivity index (χ0n) is 10.0. The summed E-state index contributed by atoms with van der Waals surface area (Å²) in [6.07, 6.45) is 11.5. The average molecular weight is 197 g/mol. The molecule has 1 heteroatoms. The lowest BCUT2D eigenvalue weighted by Crippen LogP contribution is -2.26. The van der Waals surface area contributed by atoms with Crippen LogP contribution in [0.1, 0.15) is 65.2 Å². The van der Waals surface area contributed by atoms with Crippen LogP contribution in [0.2, 0.25) is 0 Å². The van der Waals surface area contributed by atoms with Gasteiger partial charge in [-0.2, -0.15) is 0 Å². The molecule has 84 valence electrons. The maximum Gasteiger partial charge on any atom is 0.00386 e. The Labute approximate surface area is 89.7 Å². The summed E-state index contributed by atoms with van der Waals surface area (Å²) in [7, 11) is 0. The Hall–Kier alpha value is -0.0400. The lowest BCUT2D eigenvalue weighted by Gasteiger charge is -2.13. The first-order chi connectivity index (χ1) is 6.83. The highest BCUT2D eigenvalue weighted by Crippen LogP contribution is 2.28. The molecule has 0 aromatic rings. The number of rotatable bonds is 7. The number of nitrogens with one attached hydrogen (secondary N) is 1. The molecule has 0 aliphatic heterocycles. The summed E-state index contributed by atoms with van der Waals surface area (Å²) in [5.41, 5.74) is 0. The first-order valence-corrected chi connectivity index (χ1v) is 6.56. The van der Waals surface area contributed by atoms with E-state index in [-0.39, 0.29) is 0 Å². The van der Waals surface area contributed by atoms with Gasteiger partial charge in [-0.05, 0) is 38.6 Å². The molecule has 0 bridgehead atoms. The van der Waals surface area contributed by atoms with E-state index in [0.29, 0.717) is 0 Å². The molecule has 1 nitrogen and oxygen atoms in total. The fourth-order valence-electron chi connectivity index (χ4n) is 2.57. The third-order valence-electron chi connectivity index (χ3n) is 3.48. The van der Waals surface area contributed by atoms with E-state index in [1.807, 2.05) is 0 Å². The second-order valence-electron chi connectivity index (χ2n) is 4.94. The van der Waals surface area contributed by atoms with Crippen LogP contribution in [0.5, 0.6) is 0 Å². The third-order valence-corrected chi connectivity index (χ3v) is 3.48. The van der Waals surface area contributed by atoms with Gasteiger partial charge in [-0.15, -0.1) is 0 Å². The van der Waals surface area contributed by atoms with E-state index in [0.717, 1.165) is 12.0 Å². The summed E-state index contributed by atoms with van der Waals surface area (Å²) < 4.78 is 0. The first kappa shape index (κ1) is 12.0. The second kappa shape index (κ2) is 7.28. The molecule has 0 aromatic heterocycles. The largest absolute Gasteiger partial charge is 0.314 e. The molecule has 0 heterocycles. The minimum Gasteiger partial charge on any atom is -0.314 e. The molecule has 1 atom stereocenters. The fourth-order valence-corrected chi connectivity index (χ4v) is 2.57. The Bertz CT molecular complexity index is 127. The summed E-state index contributed by atoms with van der Waals surface area (Å²) in [5, 5.41) is 3.61. The van der Waals surface area contributed by atoms with E-state index in [1.54, 1.807) is 0 Å². The lowest BCUT2D eigenvalue weighted by atomic mass is 10.0. The van der Waals surface area contributed by atoms with Crippen molar-refractivity contribution in [2.24, 2.45) is 5.92 Å². The maximum atomic E-state index is 3.61. The zero-order valence-corrected chi connectivity index (χ0v) is 10.0. The van der Waals surface area contributed by atoms with Crippen molar-refractivity contribution in [1.29, 1.82) is 0 Å². The molecule has 0 aromatic carbocycles. The predicted molar refractivity (Wildman–Crippen MR) is 63.6 cm³/mol. The molecule has 0 radical (unpaired) electrons. The highest BCUT2D eigenvalue weighted by Gasteiger charge is 2.13. The Morgan fingerprint density at radius 3 is 2.64 bits per heavy atom. The maximum absolute atomic E-state index is 3.61. The minimum absolute atomic E-state index is 0.726. The quantitative estimate of drug-likeness (QED) is 0.613. The van der Waals surface area contributed by atoms with Crippen LogP contribution >= 0.6 is 0 Å². The van der Waals surface area contributed by atoms with Crippen molar-refractivity contribution in [3.63, 3.8) is 0 Å². The molecule has 1 fully saturated rings. The monoisotopic (exact) mass is 197 g/mol. The standard InChI is InChI=1S/C13H27N/c1-3-7-12(2)14-11-6-10-13-8-4-5-9-13/h12-14H,3-11H2,1-2H3. The molecule has 1 aliphatic carbocycles. The Balaban J connectivity index is 1.88. The van der Waals surface area contributed by atoms with Crippen molar-refractivity contribution in [2.45, 2.75) is 71.3 Å². The van der Waals surface area contributed by atoms with Crippen LogP contribution in [0.4, 0.5) is 0 Å². The van der Waals surface area contributed by atoms with E-state index in [1.165, 1.54) is 57.9 Å². The Morgan fingerprint density at radius 1 is 1.29 bits per heavy atom. The summed E-state index contributed by atoms with van der Waals surface area (Å²) in [5.74, 6) is 1.07. The number of hydrogen-bond acceptors (Lipinski definition) is 1. The predicted octanol–water partition coefficient (Wildman–Crippen LogP) is 3.74. The van der Waals surface area contributed by atoms with Gasteiger partial charge >= 0.3 is 0 Å². The van der Waals surface area contributed by atoms with Gasteiger partial charge in [0, 0.05) is 6.04 Å². The summed E-state index contributed by atoms with van der Waals surface area (Å²) in [6, 6.07) is 0.726. The van der Waals surface area contributed by atoms with Crippen molar-refractivity contribution in [1.82, 2.24) is 5.32 Å². The summed E-state index contributed by atoms with van der Waals surface area (Å²) in [4.78, 5) is 0. The molecule has 1 saturated carbocycles. The van der Waals surface area contributed by atoms with E-state index in [4.69, 9.17) is 0 Å². The average Bonchev–Trinajstić information content (AvgIpc) is 2.65. The molecule has 1 unspecified atom stereocenters. The highest BCUT2D eigenvalue weighted by atomic mass is 14.9. The van der Waals surface area contributed by atoms with Crippen LogP contribution in [-0.4, -0.2) is 12.6 Å². The molecule has 0 amide bonds. The van der Waals surface area contributed by atoms with Gasteiger partial charge in [-0.25, -0.2) is 0 Å². The summed E-state index contributed by atoms with van der Waals surface area (Å²) >= 11 is 0. The Kier molecular flexibility index (Phi) is 6.25. The lowest BCUT2D eigenvalue weighted by molar-refractivity contribution is 0.443. The van der Waals surface area contributed by atoms with Gasteiger partial charge in [0.05, 0.1) is 0 Å². The normalized spacial score (nSPS) is 20.1. The smallest absolute Gasteiger partial charge is 0.00386 e. The molecular weight excluding hydrogens is 170 g/mol. The van der Waals surface area contributed by atoms with Crippen LogP contribution in [0.3, 0.4) is 0 Å². The molecule has 0 saturated heterocycles. The first-order valence-electron chi connectivity index (χ1n) is 6.56. The molecule has 1 aliphatic rings. The topological polar surface area (TPSA) is 12.0 Å². The van der Waals surface area contributed by atoms with Crippen molar-refractivity contribution in [2.75, 3.05) is 6.54 Å². The number of hydrogen-bond donors (Lipinski definition) is 1. The second-order valence-corrected chi connectivity index (χ2v) is 4.94. The fraction of sp³-hybridized carbons (Fsp3) is 1.00. The van der Waals surface area contributed by atoms with Gasteiger partial charge in [0.15, 0.2) is 0 Å². The van der Waals surface area contributed by atoms with Crippen LogP contribution in [-0.2, 0) is 0 Å². The van der Waals surface area contributed by atoms with Gasteiger partial charge in [-0.1, -0.05) is 39.0 Å². The van der Waals surface area contributed by atoms with Gasteiger partial charge in [0.25, 0.3) is 0 Å². The zero-order chi connectivity index (χ0) is 10.2.